The highest BCUT2D eigenvalue weighted by Gasteiger charge is 1.74. The maximum Gasteiger partial charge on any atom is 0.0462 e. The van der Waals surface area contributed by atoms with Crippen LogP contribution in [-0.2, 0) is 4.74 Å². The molecule has 0 aliphatic rings. The zero-order valence-corrected chi connectivity index (χ0v) is 4.94. The van der Waals surface area contributed by atoms with Crippen LogP contribution in [0.1, 0.15) is 19.8 Å². The van der Waals surface area contributed by atoms with E-state index >= 15 is 0 Å². The van der Waals surface area contributed by atoms with Crippen molar-refractivity contribution < 1.29 is 4.74 Å². The number of hydrogen-bond donors (Lipinski definition) is 0. The van der Waals surface area contributed by atoms with Crippen molar-refractivity contribution in [1.82, 2.24) is 0 Å². The fourth-order valence-electron chi connectivity index (χ4n) is 0.348. The summed E-state index contributed by atoms with van der Waals surface area (Å²) < 4.78 is 5.07. The van der Waals surface area contributed by atoms with E-state index in [1.807, 2.05) is 0 Å². The lowest BCUT2D eigenvalue weighted by Gasteiger charge is -1.98. The average Bonchev–Trinajstić information content (AvgIpc) is 1.69. The molecule has 0 aliphatic carbocycles. The summed E-state index contributed by atoms with van der Waals surface area (Å²) in [6.07, 6.45) is 2.00. The first kappa shape index (κ1) is 6.96. The predicted octanol–water partition coefficient (Wildman–Crippen LogP) is 1.64. The van der Waals surface area contributed by atoms with Crippen molar-refractivity contribution in [2.24, 2.45) is 0 Å². The van der Waals surface area contributed by atoms with Gasteiger partial charge in [-0.25, -0.2) is 0 Å². The van der Waals surface area contributed by atoms with E-state index in [9.17, 15) is 0 Å². The third kappa shape index (κ3) is 5.96. The van der Waals surface area contributed by atoms with Gasteiger partial charge in [-0.2, -0.15) is 6.42 Å². The molecule has 0 aliphatic heterocycles. The second-order valence-corrected chi connectivity index (χ2v) is 1.47. The van der Waals surface area contributed by atoms with Crippen LogP contribution in [0.25, 0.3) is 0 Å². The molecule has 0 aromatic heterocycles. The molecule has 0 bridgehead atoms. The Morgan fingerprint density at radius 1 is 1.43 bits per heavy atom. The molecule has 0 radical (unpaired) electrons. The van der Waals surface area contributed by atoms with Crippen molar-refractivity contribution in [2.75, 3.05) is 13.2 Å². The summed E-state index contributed by atoms with van der Waals surface area (Å²) in [5, 5.41) is 0. The summed E-state index contributed by atoms with van der Waals surface area (Å²) in [6.45, 7) is 7.43. The van der Waals surface area contributed by atoms with Gasteiger partial charge < -0.3 is 11.7 Å². The molecule has 1 heteroatoms. The Balaban J connectivity index is 2.45. The highest BCUT2D eigenvalue weighted by atomic mass is 16.5. The van der Waals surface area contributed by atoms with Gasteiger partial charge in [0.1, 0.15) is 0 Å². The van der Waals surface area contributed by atoms with Crippen molar-refractivity contribution >= 4 is 0 Å². The van der Waals surface area contributed by atoms with E-state index in [1.54, 1.807) is 0 Å². The zero-order valence-electron chi connectivity index (χ0n) is 4.94. The number of ether oxygens (including phenoxy) is 1. The Labute approximate surface area is 45.7 Å². The van der Waals surface area contributed by atoms with E-state index in [0.717, 1.165) is 26.1 Å². The van der Waals surface area contributed by atoms with E-state index in [2.05, 4.69) is 13.8 Å². The first-order valence-corrected chi connectivity index (χ1v) is 2.78. The van der Waals surface area contributed by atoms with Crippen LogP contribution in [0, 0.1) is 6.92 Å². The summed E-state index contributed by atoms with van der Waals surface area (Å²) in [7, 11) is 0. The Kier molecular flexibility index (Phi) is 5.93. The standard InChI is InChI=1S/C6H13O/c1-3-5-7-6-4-2/h1,3-6H2,2H3/q-1. The Bertz CT molecular complexity index is 23.4. The largest absolute Gasteiger partial charge is 0.384 e. The molecule has 0 aromatic carbocycles. The van der Waals surface area contributed by atoms with Gasteiger partial charge in [-0.05, 0) is 6.42 Å². The summed E-state index contributed by atoms with van der Waals surface area (Å²) >= 11 is 0. The van der Waals surface area contributed by atoms with Crippen LogP contribution in [0.3, 0.4) is 0 Å². The van der Waals surface area contributed by atoms with E-state index < -0.39 is 0 Å². The second kappa shape index (κ2) is 5.96. The fraction of sp³-hybridized carbons (Fsp3) is 0.833. The third-order valence-electron chi connectivity index (χ3n) is 0.637. The summed E-state index contributed by atoms with van der Waals surface area (Å²) in [4.78, 5) is 0. The molecule has 1 nitrogen and oxygen atoms in total. The van der Waals surface area contributed by atoms with E-state index in [-0.39, 0.29) is 0 Å². The first-order chi connectivity index (χ1) is 3.41. The molecule has 0 heterocycles. The van der Waals surface area contributed by atoms with Crippen LogP contribution >= 0.6 is 0 Å². The monoisotopic (exact) mass is 101 g/mol. The van der Waals surface area contributed by atoms with Gasteiger partial charge in [-0.15, -0.1) is 0 Å². The molecule has 0 amide bonds. The lowest BCUT2D eigenvalue weighted by atomic mass is 10.5. The van der Waals surface area contributed by atoms with Gasteiger partial charge in [0.25, 0.3) is 0 Å². The second-order valence-electron chi connectivity index (χ2n) is 1.47. The molecule has 7 heavy (non-hydrogen) atoms. The minimum absolute atomic E-state index is 0.813. The molecule has 0 saturated carbocycles. The van der Waals surface area contributed by atoms with Crippen molar-refractivity contribution in [2.45, 2.75) is 19.8 Å². The first-order valence-electron chi connectivity index (χ1n) is 2.78. The zero-order chi connectivity index (χ0) is 5.54. The molecule has 0 aromatic rings. The molecule has 0 rings (SSSR count). The highest BCUT2D eigenvalue weighted by Crippen LogP contribution is 1.81. The lowest BCUT2D eigenvalue weighted by molar-refractivity contribution is 0.139. The summed E-state index contributed by atoms with van der Waals surface area (Å²) in [6, 6.07) is 0. The van der Waals surface area contributed by atoms with E-state index in [4.69, 9.17) is 4.74 Å². The van der Waals surface area contributed by atoms with Gasteiger partial charge in [-0.1, -0.05) is 6.92 Å². The third-order valence-corrected chi connectivity index (χ3v) is 0.637. The molecule has 0 saturated heterocycles. The molecule has 0 fully saturated rings. The van der Waals surface area contributed by atoms with E-state index in [1.165, 1.54) is 0 Å². The molecular weight excluding hydrogens is 88.1 g/mol. The van der Waals surface area contributed by atoms with Crippen LogP contribution in [0.5, 0.6) is 0 Å². The Morgan fingerprint density at radius 2 is 2.14 bits per heavy atom. The Morgan fingerprint density at radius 3 is 2.57 bits per heavy atom. The molecular formula is C6H13O-. The van der Waals surface area contributed by atoms with Crippen molar-refractivity contribution in [3.05, 3.63) is 6.92 Å². The molecule has 0 N–H and O–H groups in total. The van der Waals surface area contributed by atoms with Crippen LogP contribution in [-0.4, -0.2) is 13.2 Å². The van der Waals surface area contributed by atoms with Crippen LogP contribution in [0.2, 0.25) is 0 Å². The van der Waals surface area contributed by atoms with Crippen LogP contribution < -0.4 is 0 Å². The Hall–Kier alpha value is -0.0400. The highest BCUT2D eigenvalue weighted by molar-refractivity contribution is 4.34. The SMILES string of the molecule is [CH2-]CCOCCC. The quantitative estimate of drug-likeness (QED) is 0.386. The smallest absolute Gasteiger partial charge is 0.0462 e. The van der Waals surface area contributed by atoms with Crippen LogP contribution in [0.4, 0.5) is 0 Å². The maximum atomic E-state index is 5.07. The van der Waals surface area contributed by atoms with Crippen molar-refractivity contribution in [1.29, 1.82) is 0 Å². The predicted molar refractivity (Wildman–Crippen MR) is 31.1 cm³/mol. The summed E-state index contributed by atoms with van der Waals surface area (Å²) in [5.41, 5.74) is 0. The van der Waals surface area contributed by atoms with Gasteiger partial charge in [0.15, 0.2) is 0 Å². The molecule has 0 unspecified atom stereocenters. The number of hydrogen-bond acceptors (Lipinski definition) is 1. The minimum Gasteiger partial charge on any atom is -0.384 e. The van der Waals surface area contributed by atoms with Gasteiger partial charge in [0, 0.05) is 13.2 Å². The minimum atomic E-state index is 0.813. The topological polar surface area (TPSA) is 9.23 Å². The van der Waals surface area contributed by atoms with Crippen molar-refractivity contribution in [3.8, 4) is 0 Å². The average molecular weight is 101 g/mol. The fourth-order valence-corrected chi connectivity index (χ4v) is 0.348. The number of rotatable bonds is 4. The van der Waals surface area contributed by atoms with Gasteiger partial charge in [-0.3, -0.25) is 0 Å². The molecule has 44 valence electrons. The molecule has 0 atom stereocenters. The van der Waals surface area contributed by atoms with Gasteiger partial charge in [0.2, 0.25) is 0 Å². The molecule has 0 spiro atoms. The van der Waals surface area contributed by atoms with Crippen molar-refractivity contribution in [3.63, 3.8) is 0 Å². The lowest BCUT2D eigenvalue weighted by Crippen LogP contribution is -1.92. The van der Waals surface area contributed by atoms with Gasteiger partial charge in [0.05, 0.1) is 0 Å². The van der Waals surface area contributed by atoms with Crippen LogP contribution in [0.15, 0.2) is 0 Å². The normalized spacial score (nSPS) is 9.43. The van der Waals surface area contributed by atoms with E-state index in [0.29, 0.717) is 0 Å². The summed E-state index contributed by atoms with van der Waals surface area (Å²) in [5.74, 6) is 0. The maximum absolute atomic E-state index is 5.07. The van der Waals surface area contributed by atoms with Gasteiger partial charge >= 0.3 is 0 Å².